The fourth-order valence-electron chi connectivity index (χ4n) is 4.31. The van der Waals surface area contributed by atoms with Gasteiger partial charge in [-0.1, -0.05) is 36.4 Å². The summed E-state index contributed by atoms with van der Waals surface area (Å²) in [5.74, 6) is 1.47. The van der Waals surface area contributed by atoms with Crippen LogP contribution in [0.25, 0.3) is 0 Å². The summed E-state index contributed by atoms with van der Waals surface area (Å²) in [5.41, 5.74) is 4.65. The number of nitrogens with one attached hydrogen (secondary N) is 1. The van der Waals surface area contributed by atoms with Crippen molar-refractivity contribution in [3.05, 3.63) is 100 Å². The molecule has 7 heteroatoms. The summed E-state index contributed by atoms with van der Waals surface area (Å²) >= 11 is 0. The lowest BCUT2D eigenvalue weighted by Crippen LogP contribution is -2.48. The number of hydrogen-bond acceptors (Lipinski definition) is 5. The number of para-hydroxylation sites is 1. The van der Waals surface area contributed by atoms with Gasteiger partial charge in [-0.05, 0) is 80.3 Å². The Kier molecular flexibility index (Phi) is 7.82. The van der Waals surface area contributed by atoms with Gasteiger partial charge in [0.15, 0.2) is 0 Å². The van der Waals surface area contributed by atoms with E-state index in [9.17, 15) is 9.59 Å². The van der Waals surface area contributed by atoms with E-state index in [2.05, 4.69) is 11.4 Å². The van der Waals surface area contributed by atoms with Gasteiger partial charge >= 0.3 is 12.0 Å². The number of urea groups is 1. The molecule has 37 heavy (non-hydrogen) atoms. The standard InChI is InChI=1S/C30H32N2O5/c1-6-35-29(33)27-25(18-36-26-16-19(2)15-20(3)21(26)4)32(5)30(34)31-28(27)22-11-10-14-24(17-22)37-23-12-8-7-9-13-23/h7-17,28H,6,18H2,1-5H3,(H,31,34)/t28-/m1/s1. The van der Waals surface area contributed by atoms with Gasteiger partial charge in [-0.15, -0.1) is 0 Å². The first-order chi connectivity index (χ1) is 17.8. The topological polar surface area (TPSA) is 77.1 Å². The van der Waals surface area contributed by atoms with Crippen LogP contribution in [0.15, 0.2) is 78.0 Å². The normalized spacial score (nSPS) is 15.3. The van der Waals surface area contributed by atoms with Crippen LogP contribution >= 0.6 is 0 Å². The minimum atomic E-state index is -0.735. The number of amides is 2. The van der Waals surface area contributed by atoms with Gasteiger partial charge in [0.1, 0.15) is 23.9 Å². The van der Waals surface area contributed by atoms with Crippen molar-refractivity contribution >= 4 is 12.0 Å². The van der Waals surface area contributed by atoms with Gasteiger partial charge in [0.05, 0.1) is 23.9 Å². The fraction of sp³-hybridized carbons (Fsp3) is 0.267. The van der Waals surface area contributed by atoms with Gasteiger partial charge in [-0.25, -0.2) is 9.59 Å². The number of likely N-dealkylation sites (N-methyl/N-ethyl adjacent to an activating group) is 1. The smallest absolute Gasteiger partial charge is 0.338 e. The van der Waals surface area contributed by atoms with E-state index in [1.165, 1.54) is 4.90 Å². The third-order valence-electron chi connectivity index (χ3n) is 6.37. The maximum atomic E-state index is 13.3. The Morgan fingerprint density at radius 2 is 1.70 bits per heavy atom. The molecular weight excluding hydrogens is 468 g/mol. The molecule has 0 saturated heterocycles. The molecule has 1 aliphatic rings. The van der Waals surface area contributed by atoms with E-state index in [1.54, 1.807) is 14.0 Å². The first-order valence-corrected chi connectivity index (χ1v) is 12.3. The minimum absolute atomic E-state index is 0.0263. The minimum Gasteiger partial charge on any atom is -0.487 e. The van der Waals surface area contributed by atoms with E-state index in [0.29, 0.717) is 34.1 Å². The zero-order chi connectivity index (χ0) is 26.5. The third-order valence-corrected chi connectivity index (χ3v) is 6.37. The zero-order valence-corrected chi connectivity index (χ0v) is 21.8. The molecule has 0 saturated carbocycles. The Labute approximate surface area is 217 Å². The summed E-state index contributed by atoms with van der Waals surface area (Å²) in [6, 6.07) is 19.7. The van der Waals surface area contributed by atoms with Crippen molar-refractivity contribution in [1.82, 2.24) is 10.2 Å². The number of nitrogens with zero attached hydrogens (tertiary/aromatic N) is 1. The largest absolute Gasteiger partial charge is 0.487 e. The Bertz CT molecular complexity index is 1330. The highest BCUT2D eigenvalue weighted by atomic mass is 16.5. The molecule has 3 aromatic rings. The highest BCUT2D eigenvalue weighted by molar-refractivity contribution is 5.95. The second-order valence-corrected chi connectivity index (χ2v) is 9.00. The summed E-state index contributed by atoms with van der Waals surface area (Å²) < 4.78 is 17.6. The molecule has 7 nitrogen and oxygen atoms in total. The Balaban J connectivity index is 1.73. The third kappa shape index (κ3) is 5.77. The van der Waals surface area contributed by atoms with E-state index in [-0.39, 0.29) is 19.2 Å². The summed E-state index contributed by atoms with van der Waals surface area (Å²) in [6.45, 7) is 8.00. The maximum absolute atomic E-state index is 13.3. The molecule has 1 heterocycles. The number of esters is 1. The van der Waals surface area contributed by atoms with Crippen LogP contribution in [-0.2, 0) is 9.53 Å². The second-order valence-electron chi connectivity index (χ2n) is 9.00. The lowest BCUT2D eigenvalue weighted by molar-refractivity contribution is -0.139. The monoisotopic (exact) mass is 500 g/mol. The summed E-state index contributed by atoms with van der Waals surface area (Å²) in [4.78, 5) is 27.7. The average molecular weight is 501 g/mol. The predicted octanol–water partition coefficient (Wildman–Crippen LogP) is 6.00. The number of benzene rings is 3. The number of carbonyl (C=O) groups excluding carboxylic acids is 2. The SMILES string of the molecule is CCOC(=O)C1=C(COc2cc(C)cc(C)c2C)N(C)C(=O)N[C@@H]1c1cccc(Oc2ccccc2)c1. The number of ether oxygens (including phenoxy) is 3. The molecule has 192 valence electrons. The van der Waals surface area contributed by atoms with Crippen LogP contribution in [0, 0.1) is 20.8 Å². The van der Waals surface area contributed by atoms with Gasteiger partial charge in [-0.2, -0.15) is 0 Å². The predicted molar refractivity (Wildman–Crippen MR) is 142 cm³/mol. The Morgan fingerprint density at radius 1 is 0.973 bits per heavy atom. The van der Waals surface area contributed by atoms with Crippen molar-refractivity contribution in [1.29, 1.82) is 0 Å². The van der Waals surface area contributed by atoms with Crippen LogP contribution in [-0.4, -0.2) is 37.2 Å². The van der Waals surface area contributed by atoms with Crippen molar-refractivity contribution in [2.45, 2.75) is 33.7 Å². The number of carbonyl (C=O) groups is 2. The van der Waals surface area contributed by atoms with Gasteiger partial charge in [-0.3, -0.25) is 4.90 Å². The maximum Gasteiger partial charge on any atom is 0.338 e. The van der Waals surface area contributed by atoms with E-state index < -0.39 is 12.0 Å². The Hall–Kier alpha value is -4.26. The molecule has 0 spiro atoms. The second kappa shape index (κ2) is 11.2. The van der Waals surface area contributed by atoms with Crippen LogP contribution in [0.1, 0.15) is 35.2 Å². The zero-order valence-electron chi connectivity index (χ0n) is 21.8. The lowest BCUT2D eigenvalue weighted by atomic mass is 9.94. The van der Waals surface area contributed by atoms with Crippen LogP contribution in [0.2, 0.25) is 0 Å². The molecule has 1 atom stereocenters. The van der Waals surface area contributed by atoms with Gasteiger partial charge in [0.25, 0.3) is 0 Å². The highest BCUT2D eigenvalue weighted by Crippen LogP contribution is 2.34. The van der Waals surface area contributed by atoms with E-state index in [1.807, 2.05) is 81.4 Å². The molecule has 0 aromatic heterocycles. The molecule has 1 aliphatic heterocycles. The molecule has 0 bridgehead atoms. The van der Waals surface area contributed by atoms with E-state index >= 15 is 0 Å². The molecule has 3 aromatic carbocycles. The van der Waals surface area contributed by atoms with Crippen molar-refractivity contribution in [2.75, 3.05) is 20.3 Å². The Morgan fingerprint density at radius 3 is 2.43 bits per heavy atom. The number of rotatable bonds is 8. The van der Waals surface area contributed by atoms with Crippen molar-refractivity contribution < 1.29 is 23.8 Å². The lowest BCUT2D eigenvalue weighted by Gasteiger charge is -2.34. The van der Waals surface area contributed by atoms with Crippen LogP contribution in [0.4, 0.5) is 4.79 Å². The summed E-state index contributed by atoms with van der Waals surface area (Å²) in [6.07, 6.45) is 0. The number of aryl methyl sites for hydroxylation is 2. The molecule has 1 N–H and O–H groups in total. The van der Waals surface area contributed by atoms with E-state index in [4.69, 9.17) is 14.2 Å². The molecular formula is C30H32N2O5. The fourth-order valence-corrected chi connectivity index (χ4v) is 4.31. The highest BCUT2D eigenvalue weighted by Gasteiger charge is 2.37. The molecule has 4 rings (SSSR count). The number of hydrogen-bond donors (Lipinski definition) is 1. The van der Waals surface area contributed by atoms with Gasteiger partial charge < -0.3 is 19.5 Å². The van der Waals surface area contributed by atoms with Crippen LogP contribution in [0.3, 0.4) is 0 Å². The first-order valence-electron chi connectivity index (χ1n) is 12.3. The first kappa shape index (κ1) is 25.8. The average Bonchev–Trinajstić information content (AvgIpc) is 2.88. The van der Waals surface area contributed by atoms with Gasteiger partial charge in [0.2, 0.25) is 0 Å². The van der Waals surface area contributed by atoms with Crippen LogP contribution in [0.5, 0.6) is 17.2 Å². The van der Waals surface area contributed by atoms with Crippen molar-refractivity contribution in [2.24, 2.45) is 0 Å². The molecule has 0 fully saturated rings. The molecule has 0 aliphatic carbocycles. The van der Waals surface area contributed by atoms with Crippen molar-refractivity contribution in [3.8, 4) is 17.2 Å². The summed E-state index contributed by atoms with van der Waals surface area (Å²) in [7, 11) is 1.62. The van der Waals surface area contributed by atoms with Crippen molar-refractivity contribution in [3.63, 3.8) is 0 Å². The van der Waals surface area contributed by atoms with Gasteiger partial charge in [0, 0.05) is 7.05 Å². The molecule has 2 amide bonds. The van der Waals surface area contributed by atoms with Crippen LogP contribution < -0.4 is 14.8 Å². The molecule has 0 radical (unpaired) electrons. The summed E-state index contributed by atoms with van der Waals surface area (Å²) in [5, 5.41) is 2.94. The molecule has 0 unspecified atom stereocenters. The quantitative estimate of drug-likeness (QED) is 0.384. The van der Waals surface area contributed by atoms with E-state index in [0.717, 1.165) is 16.7 Å².